The van der Waals surface area contributed by atoms with Gasteiger partial charge in [-0.1, -0.05) is 0 Å². The minimum Gasteiger partial charge on any atom is -0.360 e. The highest BCUT2D eigenvalue weighted by molar-refractivity contribution is 7.86. The highest BCUT2D eigenvalue weighted by Gasteiger charge is 2.11. The standard InChI is InChI=1S/C8H13N3O4S/c1-6(2)9-8(12)11-5-4-7(10-11)15-16(3,13)14/h4-6H,1-3H3,(H,9,12). The van der Waals surface area contributed by atoms with Crippen LogP contribution >= 0.6 is 0 Å². The molecule has 1 amide bonds. The van der Waals surface area contributed by atoms with Crippen molar-refractivity contribution in [2.24, 2.45) is 0 Å². The van der Waals surface area contributed by atoms with Gasteiger partial charge in [0.05, 0.1) is 6.26 Å². The Morgan fingerprint density at radius 1 is 1.56 bits per heavy atom. The van der Waals surface area contributed by atoms with Crippen LogP contribution < -0.4 is 9.50 Å². The minimum atomic E-state index is -3.62. The second-order valence-electron chi connectivity index (χ2n) is 3.49. The molecule has 0 spiro atoms. The Morgan fingerprint density at radius 2 is 2.19 bits per heavy atom. The van der Waals surface area contributed by atoms with Gasteiger partial charge in [-0.25, -0.2) is 4.79 Å². The van der Waals surface area contributed by atoms with E-state index in [0.29, 0.717) is 0 Å². The summed E-state index contributed by atoms with van der Waals surface area (Å²) in [6.07, 6.45) is 2.22. The quantitative estimate of drug-likeness (QED) is 0.770. The lowest BCUT2D eigenvalue weighted by Gasteiger charge is -2.06. The number of carbonyl (C=O) groups is 1. The molecule has 0 unspecified atom stereocenters. The van der Waals surface area contributed by atoms with Gasteiger partial charge in [0.25, 0.3) is 5.88 Å². The van der Waals surface area contributed by atoms with E-state index in [1.54, 1.807) is 13.8 Å². The zero-order valence-corrected chi connectivity index (χ0v) is 9.98. The van der Waals surface area contributed by atoms with E-state index in [0.717, 1.165) is 10.9 Å². The van der Waals surface area contributed by atoms with Crippen LogP contribution in [0.5, 0.6) is 5.88 Å². The summed E-state index contributed by atoms with van der Waals surface area (Å²) in [6.45, 7) is 3.60. The first-order valence-electron chi connectivity index (χ1n) is 4.54. The van der Waals surface area contributed by atoms with Gasteiger partial charge >= 0.3 is 16.1 Å². The van der Waals surface area contributed by atoms with E-state index >= 15 is 0 Å². The van der Waals surface area contributed by atoms with Gasteiger partial charge < -0.3 is 9.50 Å². The normalized spacial score (nSPS) is 11.5. The van der Waals surface area contributed by atoms with Gasteiger partial charge in [-0.15, -0.1) is 5.10 Å². The molecule has 0 bridgehead atoms. The second kappa shape index (κ2) is 4.52. The predicted octanol–water partition coefficient (Wildman–Crippen LogP) is 0.188. The zero-order valence-electron chi connectivity index (χ0n) is 9.17. The van der Waals surface area contributed by atoms with Crippen molar-refractivity contribution in [3.63, 3.8) is 0 Å². The van der Waals surface area contributed by atoms with E-state index in [1.165, 1.54) is 12.3 Å². The highest BCUT2D eigenvalue weighted by Crippen LogP contribution is 2.07. The van der Waals surface area contributed by atoms with Crippen molar-refractivity contribution >= 4 is 16.1 Å². The van der Waals surface area contributed by atoms with E-state index < -0.39 is 16.1 Å². The van der Waals surface area contributed by atoms with Gasteiger partial charge in [0, 0.05) is 18.3 Å². The summed E-state index contributed by atoms with van der Waals surface area (Å²) in [7, 11) is -3.62. The van der Waals surface area contributed by atoms with Crippen molar-refractivity contribution in [3.8, 4) is 5.88 Å². The average molecular weight is 247 g/mol. The van der Waals surface area contributed by atoms with E-state index in [9.17, 15) is 13.2 Å². The molecule has 16 heavy (non-hydrogen) atoms. The number of nitrogens with one attached hydrogen (secondary N) is 1. The largest absolute Gasteiger partial charge is 0.360 e. The summed E-state index contributed by atoms with van der Waals surface area (Å²) in [6, 6.07) is 0.815. The van der Waals surface area contributed by atoms with Crippen molar-refractivity contribution in [3.05, 3.63) is 12.3 Å². The second-order valence-corrected chi connectivity index (χ2v) is 5.07. The number of nitrogens with zero attached hydrogens (tertiary/aromatic N) is 2. The number of carbonyl (C=O) groups excluding carboxylic acids is 1. The minimum absolute atomic E-state index is 0.0315. The summed E-state index contributed by atoms with van der Waals surface area (Å²) >= 11 is 0. The number of hydrogen-bond acceptors (Lipinski definition) is 5. The lowest BCUT2D eigenvalue weighted by molar-refractivity contribution is 0.237. The fourth-order valence-corrected chi connectivity index (χ4v) is 1.33. The Kier molecular flexibility index (Phi) is 3.53. The molecule has 0 saturated carbocycles. The highest BCUT2D eigenvalue weighted by atomic mass is 32.2. The monoisotopic (exact) mass is 247 g/mol. The molecule has 8 heteroatoms. The van der Waals surface area contributed by atoms with Gasteiger partial charge in [-0.05, 0) is 13.8 Å². The van der Waals surface area contributed by atoms with Crippen LogP contribution in [0.4, 0.5) is 4.79 Å². The molecule has 0 aliphatic heterocycles. The van der Waals surface area contributed by atoms with Gasteiger partial charge in [-0.3, -0.25) is 0 Å². The maximum Gasteiger partial charge on any atom is 0.342 e. The van der Waals surface area contributed by atoms with Crippen LogP contribution in [0.2, 0.25) is 0 Å². The number of hydrogen-bond donors (Lipinski definition) is 1. The summed E-state index contributed by atoms with van der Waals surface area (Å²) in [5.74, 6) is -0.138. The molecule has 0 aliphatic rings. The molecule has 0 radical (unpaired) electrons. The molecule has 1 N–H and O–H groups in total. The lowest BCUT2D eigenvalue weighted by Crippen LogP contribution is -2.34. The predicted molar refractivity (Wildman–Crippen MR) is 56.8 cm³/mol. The Hall–Kier alpha value is -1.57. The summed E-state index contributed by atoms with van der Waals surface area (Å²) in [5.41, 5.74) is 0. The van der Waals surface area contributed by atoms with Crippen LogP contribution in [0, 0.1) is 0 Å². The van der Waals surface area contributed by atoms with E-state index in [1.807, 2.05) is 0 Å². The third kappa shape index (κ3) is 3.89. The van der Waals surface area contributed by atoms with Crippen molar-refractivity contribution < 1.29 is 17.4 Å². The maximum absolute atomic E-state index is 11.4. The number of amides is 1. The van der Waals surface area contributed by atoms with Crippen LogP contribution in [-0.4, -0.2) is 36.5 Å². The van der Waals surface area contributed by atoms with Crippen molar-refractivity contribution in [1.82, 2.24) is 15.1 Å². The fraction of sp³-hybridized carbons (Fsp3) is 0.500. The van der Waals surface area contributed by atoms with E-state index in [2.05, 4.69) is 14.6 Å². The van der Waals surface area contributed by atoms with Crippen molar-refractivity contribution in [2.75, 3.05) is 6.26 Å². The van der Waals surface area contributed by atoms with Crippen LogP contribution in [0.15, 0.2) is 12.3 Å². The molecule has 0 saturated heterocycles. The Labute approximate surface area is 93.5 Å². The molecule has 1 aromatic heterocycles. The third-order valence-electron chi connectivity index (χ3n) is 1.42. The molecule has 0 atom stereocenters. The molecule has 90 valence electrons. The summed E-state index contributed by atoms with van der Waals surface area (Å²) in [5, 5.41) is 6.24. The van der Waals surface area contributed by atoms with Crippen molar-refractivity contribution in [1.29, 1.82) is 0 Å². The first kappa shape index (κ1) is 12.5. The average Bonchev–Trinajstić information content (AvgIpc) is 2.48. The van der Waals surface area contributed by atoms with Crippen LogP contribution in [0.25, 0.3) is 0 Å². The lowest BCUT2D eigenvalue weighted by atomic mass is 10.4. The smallest absolute Gasteiger partial charge is 0.342 e. The maximum atomic E-state index is 11.4. The SMILES string of the molecule is CC(C)NC(=O)n1ccc(OS(C)(=O)=O)n1. The zero-order chi connectivity index (χ0) is 12.3. The molecule has 0 fully saturated rings. The van der Waals surface area contributed by atoms with E-state index in [-0.39, 0.29) is 11.9 Å². The van der Waals surface area contributed by atoms with Crippen LogP contribution in [0.3, 0.4) is 0 Å². The first-order valence-corrected chi connectivity index (χ1v) is 6.35. The molecular formula is C8H13N3O4S. The van der Waals surface area contributed by atoms with Crippen LogP contribution in [0.1, 0.15) is 13.8 Å². The summed E-state index contributed by atoms with van der Waals surface area (Å²) in [4.78, 5) is 11.4. The fourth-order valence-electron chi connectivity index (χ4n) is 0.933. The molecule has 1 heterocycles. The Balaban J connectivity index is 2.75. The van der Waals surface area contributed by atoms with Gasteiger partial charge in [-0.2, -0.15) is 13.1 Å². The van der Waals surface area contributed by atoms with Gasteiger partial charge in [0.1, 0.15) is 0 Å². The molecule has 0 aliphatic carbocycles. The molecule has 7 nitrogen and oxygen atoms in total. The first-order chi connectivity index (χ1) is 7.28. The number of rotatable bonds is 3. The Morgan fingerprint density at radius 3 is 2.69 bits per heavy atom. The molecule has 1 aromatic rings. The van der Waals surface area contributed by atoms with Gasteiger partial charge in [0.15, 0.2) is 0 Å². The molecule has 0 aromatic carbocycles. The van der Waals surface area contributed by atoms with Gasteiger partial charge in [0.2, 0.25) is 0 Å². The van der Waals surface area contributed by atoms with Crippen molar-refractivity contribution in [2.45, 2.75) is 19.9 Å². The summed E-state index contributed by atoms with van der Waals surface area (Å²) < 4.78 is 27.0. The molecular weight excluding hydrogens is 234 g/mol. The third-order valence-corrected chi connectivity index (χ3v) is 1.90. The number of aromatic nitrogens is 2. The van der Waals surface area contributed by atoms with Crippen LogP contribution in [-0.2, 0) is 10.1 Å². The molecule has 1 rings (SSSR count). The Bertz CT molecular complexity index is 477. The van der Waals surface area contributed by atoms with E-state index in [4.69, 9.17) is 0 Å². The topological polar surface area (TPSA) is 90.3 Å².